The van der Waals surface area contributed by atoms with Crippen LogP contribution in [-0.4, -0.2) is 0 Å². The van der Waals surface area contributed by atoms with E-state index in [0.717, 1.165) is 17.1 Å². The summed E-state index contributed by atoms with van der Waals surface area (Å²) in [6, 6.07) is 52.6. The molecule has 0 N–H and O–H groups in total. The van der Waals surface area contributed by atoms with E-state index < -0.39 is 0 Å². The van der Waals surface area contributed by atoms with Crippen molar-refractivity contribution in [2.45, 2.75) is 0 Å². The quantitative estimate of drug-likeness (QED) is 0.163. The fraction of sp³-hybridized carbons (Fsp3) is 0. The van der Waals surface area contributed by atoms with Crippen LogP contribution in [0.15, 0.2) is 146 Å². The van der Waals surface area contributed by atoms with Gasteiger partial charge in [0.1, 0.15) is 11.5 Å². The molecule has 0 bridgehead atoms. The number of rotatable bonds is 2. The summed E-state index contributed by atoms with van der Waals surface area (Å²) in [5.41, 5.74) is 7.30. The van der Waals surface area contributed by atoms with E-state index >= 15 is 0 Å². The zero-order valence-corrected chi connectivity index (χ0v) is 22.3. The van der Waals surface area contributed by atoms with Gasteiger partial charge in [-0.2, -0.15) is 0 Å². The van der Waals surface area contributed by atoms with Gasteiger partial charge in [0, 0.05) is 10.9 Å². The van der Waals surface area contributed by atoms with E-state index in [1.54, 1.807) is 0 Å². The van der Waals surface area contributed by atoms with Gasteiger partial charge in [0.05, 0.1) is 0 Å². The molecule has 190 valence electrons. The van der Waals surface area contributed by atoms with Gasteiger partial charge in [-0.3, -0.25) is 0 Å². The van der Waals surface area contributed by atoms with Crippen LogP contribution in [0, 0.1) is 0 Å². The molecule has 1 aliphatic rings. The summed E-state index contributed by atoms with van der Waals surface area (Å²) in [4.78, 5) is 0. The molecule has 0 atom stereocenters. The Morgan fingerprint density at radius 2 is 1.07 bits per heavy atom. The lowest BCUT2D eigenvalue weighted by Crippen LogP contribution is -1.97. The first-order valence-corrected chi connectivity index (χ1v) is 14.1. The molecular formula is C40H24O. The van der Waals surface area contributed by atoms with E-state index in [0.29, 0.717) is 0 Å². The van der Waals surface area contributed by atoms with Gasteiger partial charge in [-0.05, 0) is 89.8 Å². The third-order valence-electron chi connectivity index (χ3n) is 8.62. The molecule has 0 saturated carbocycles. The highest BCUT2D eigenvalue weighted by Gasteiger charge is 2.21. The third-order valence-corrected chi connectivity index (χ3v) is 8.62. The van der Waals surface area contributed by atoms with Crippen LogP contribution in [0.5, 0.6) is 11.5 Å². The SMILES string of the molecule is c1ccc(-c2c3cccc(-c4ccc5c(c4)-c4cccc6cccc(c46)O5)c3cc3ccc4ccccc4c23)cc1. The smallest absolute Gasteiger partial charge is 0.135 e. The van der Waals surface area contributed by atoms with Crippen LogP contribution in [0.3, 0.4) is 0 Å². The Hall–Kier alpha value is -5.40. The van der Waals surface area contributed by atoms with Gasteiger partial charge >= 0.3 is 0 Å². The number of fused-ring (bicyclic) bond motifs is 6. The van der Waals surface area contributed by atoms with Crippen LogP contribution in [0.25, 0.3) is 76.5 Å². The van der Waals surface area contributed by atoms with Crippen molar-refractivity contribution in [2.24, 2.45) is 0 Å². The van der Waals surface area contributed by atoms with Crippen LogP contribution in [-0.2, 0) is 0 Å². The van der Waals surface area contributed by atoms with Gasteiger partial charge in [0.25, 0.3) is 0 Å². The molecule has 1 heteroatoms. The average Bonchev–Trinajstić information content (AvgIpc) is 3.04. The maximum atomic E-state index is 6.40. The number of hydrogen-bond acceptors (Lipinski definition) is 1. The maximum Gasteiger partial charge on any atom is 0.135 e. The summed E-state index contributed by atoms with van der Waals surface area (Å²) < 4.78 is 6.40. The molecule has 1 aliphatic heterocycles. The number of benzene rings is 8. The van der Waals surface area contributed by atoms with Crippen molar-refractivity contribution in [3.05, 3.63) is 146 Å². The van der Waals surface area contributed by atoms with Crippen molar-refractivity contribution in [2.75, 3.05) is 0 Å². The Labute approximate surface area is 237 Å². The van der Waals surface area contributed by atoms with Gasteiger partial charge < -0.3 is 4.74 Å². The summed E-state index contributed by atoms with van der Waals surface area (Å²) in [5.74, 6) is 1.83. The Morgan fingerprint density at radius 1 is 0.341 bits per heavy atom. The Balaban J connectivity index is 1.35. The number of ether oxygens (including phenoxy) is 1. The van der Waals surface area contributed by atoms with E-state index in [1.165, 1.54) is 70.9 Å². The minimum Gasteiger partial charge on any atom is -0.456 e. The van der Waals surface area contributed by atoms with Gasteiger partial charge in [0.2, 0.25) is 0 Å². The Kier molecular flexibility index (Phi) is 4.67. The predicted octanol–water partition coefficient (Wildman–Crippen LogP) is 11.4. The average molecular weight is 521 g/mol. The topological polar surface area (TPSA) is 9.23 Å². The van der Waals surface area contributed by atoms with Crippen molar-refractivity contribution < 1.29 is 4.74 Å². The van der Waals surface area contributed by atoms with Crippen molar-refractivity contribution in [1.29, 1.82) is 0 Å². The van der Waals surface area contributed by atoms with Gasteiger partial charge in [-0.15, -0.1) is 0 Å². The van der Waals surface area contributed by atoms with Gasteiger partial charge in [0.15, 0.2) is 0 Å². The van der Waals surface area contributed by atoms with Crippen LogP contribution >= 0.6 is 0 Å². The van der Waals surface area contributed by atoms with Crippen molar-refractivity contribution >= 4 is 43.1 Å². The summed E-state index contributed by atoms with van der Waals surface area (Å²) in [6.45, 7) is 0. The van der Waals surface area contributed by atoms with E-state index in [2.05, 4.69) is 146 Å². The standard InChI is InChI=1S/C40H24O/c1-2-10-27(11-3-1)39-32-17-8-15-30(34(32)24-29-20-19-25-9-4-5-14-31(25)40(29)39)28-21-22-36-35(23-28)33-16-6-12-26-13-7-18-37(41-36)38(26)33/h1-24H. The van der Waals surface area contributed by atoms with E-state index in [4.69, 9.17) is 4.74 Å². The highest BCUT2D eigenvalue weighted by molar-refractivity contribution is 6.23. The van der Waals surface area contributed by atoms with Crippen molar-refractivity contribution in [3.8, 4) is 44.9 Å². The van der Waals surface area contributed by atoms with Gasteiger partial charge in [-0.1, -0.05) is 121 Å². The molecule has 0 aromatic heterocycles. The van der Waals surface area contributed by atoms with Crippen molar-refractivity contribution in [1.82, 2.24) is 0 Å². The number of hydrogen-bond donors (Lipinski definition) is 0. The fourth-order valence-electron chi connectivity index (χ4n) is 6.80. The lowest BCUT2D eigenvalue weighted by atomic mass is 9.86. The molecule has 8 aromatic rings. The Bertz CT molecular complexity index is 2320. The fourth-order valence-corrected chi connectivity index (χ4v) is 6.80. The molecule has 9 rings (SSSR count). The normalized spacial score (nSPS) is 12.1. The van der Waals surface area contributed by atoms with Crippen molar-refractivity contribution in [3.63, 3.8) is 0 Å². The van der Waals surface area contributed by atoms with Crippen LogP contribution in [0.2, 0.25) is 0 Å². The maximum absolute atomic E-state index is 6.40. The second-order valence-corrected chi connectivity index (χ2v) is 10.9. The summed E-state index contributed by atoms with van der Waals surface area (Å²) in [5, 5.41) is 10.0. The molecule has 0 unspecified atom stereocenters. The molecule has 1 nitrogen and oxygen atoms in total. The monoisotopic (exact) mass is 520 g/mol. The first kappa shape index (κ1) is 22.4. The molecule has 1 heterocycles. The molecule has 8 aromatic carbocycles. The first-order valence-electron chi connectivity index (χ1n) is 14.1. The molecule has 0 spiro atoms. The van der Waals surface area contributed by atoms with Gasteiger partial charge in [-0.25, -0.2) is 0 Å². The van der Waals surface area contributed by atoms with E-state index in [9.17, 15) is 0 Å². The lowest BCUT2D eigenvalue weighted by molar-refractivity contribution is 0.487. The summed E-state index contributed by atoms with van der Waals surface area (Å²) in [7, 11) is 0. The molecule has 0 amide bonds. The zero-order chi connectivity index (χ0) is 26.9. The summed E-state index contributed by atoms with van der Waals surface area (Å²) in [6.07, 6.45) is 0. The molecular weight excluding hydrogens is 496 g/mol. The first-order chi connectivity index (χ1) is 20.3. The second-order valence-electron chi connectivity index (χ2n) is 10.9. The third kappa shape index (κ3) is 3.30. The predicted molar refractivity (Wildman–Crippen MR) is 173 cm³/mol. The summed E-state index contributed by atoms with van der Waals surface area (Å²) >= 11 is 0. The molecule has 0 radical (unpaired) electrons. The lowest BCUT2D eigenvalue weighted by Gasteiger charge is -2.22. The highest BCUT2D eigenvalue weighted by Crippen LogP contribution is 2.49. The zero-order valence-electron chi connectivity index (χ0n) is 22.3. The van der Waals surface area contributed by atoms with E-state index in [-0.39, 0.29) is 0 Å². The van der Waals surface area contributed by atoms with Crippen LogP contribution < -0.4 is 4.74 Å². The molecule has 0 aliphatic carbocycles. The highest BCUT2D eigenvalue weighted by atomic mass is 16.5. The Morgan fingerprint density at radius 3 is 2.00 bits per heavy atom. The largest absolute Gasteiger partial charge is 0.456 e. The minimum absolute atomic E-state index is 0.905. The van der Waals surface area contributed by atoms with Crippen LogP contribution in [0.4, 0.5) is 0 Å². The van der Waals surface area contributed by atoms with Crippen LogP contribution in [0.1, 0.15) is 0 Å². The molecule has 0 saturated heterocycles. The molecule has 41 heavy (non-hydrogen) atoms. The van der Waals surface area contributed by atoms with E-state index in [1.807, 2.05) is 0 Å². The molecule has 0 fully saturated rings. The second kappa shape index (κ2) is 8.55. The minimum atomic E-state index is 0.905.